The molecule has 0 heterocycles. The average Bonchev–Trinajstić information content (AvgIpc) is 2.49. The van der Waals surface area contributed by atoms with E-state index in [4.69, 9.17) is 15.2 Å². The van der Waals surface area contributed by atoms with E-state index in [9.17, 15) is 4.39 Å². The number of para-hydroxylation sites is 1. The lowest BCUT2D eigenvalue weighted by Crippen LogP contribution is -2.18. The minimum Gasteiger partial charge on any atom is -0.496 e. The van der Waals surface area contributed by atoms with Gasteiger partial charge in [0.05, 0.1) is 26.4 Å². The molecule has 1 atom stereocenters. The van der Waals surface area contributed by atoms with Crippen molar-refractivity contribution in [3.8, 4) is 5.75 Å². The van der Waals surface area contributed by atoms with E-state index in [1.165, 1.54) is 6.07 Å². The van der Waals surface area contributed by atoms with Crippen molar-refractivity contribution in [3.05, 3.63) is 65.5 Å². The monoisotopic (exact) mass is 275 g/mol. The third-order valence-electron chi connectivity index (χ3n) is 3.05. The Bertz CT molecular complexity index is 560. The normalized spacial score (nSPS) is 12.2. The van der Waals surface area contributed by atoms with Crippen molar-refractivity contribution in [2.45, 2.75) is 12.6 Å². The smallest absolute Gasteiger partial charge is 0.128 e. The van der Waals surface area contributed by atoms with Crippen molar-refractivity contribution in [1.82, 2.24) is 0 Å². The van der Waals surface area contributed by atoms with Crippen LogP contribution in [0, 0.1) is 5.82 Å². The molecule has 2 aromatic rings. The zero-order chi connectivity index (χ0) is 14.4. The summed E-state index contributed by atoms with van der Waals surface area (Å²) in [5, 5.41) is 0. The molecule has 4 heteroatoms. The second-order valence-corrected chi connectivity index (χ2v) is 4.45. The van der Waals surface area contributed by atoms with E-state index in [2.05, 4.69) is 0 Å². The van der Waals surface area contributed by atoms with Crippen LogP contribution >= 0.6 is 0 Å². The van der Waals surface area contributed by atoms with Gasteiger partial charge in [0.25, 0.3) is 0 Å². The first-order valence-electron chi connectivity index (χ1n) is 6.42. The maximum absolute atomic E-state index is 13.4. The zero-order valence-corrected chi connectivity index (χ0v) is 11.4. The first kappa shape index (κ1) is 14.5. The van der Waals surface area contributed by atoms with Gasteiger partial charge in [-0.1, -0.05) is 36.4 Å². The van der Waals surface area contributed by atoms with Crippen LogP contribution in [-0.2, 0) is 11.3 Å². The molecule has 1 unspecified atom stereocenters. The van der Waals surface area contributed by atoms with E-state index >= 15 is 0 Å². The molecular formula is C16H18FNO2. The second-order valence-electron chi connectivity index (χ2n) is 4.45. The molecule has 0 saturated heterocycles. The van der Waals surface area contributed by atoms with Gasteiger partial charge in [-0.05, 0) is 12.1 Å². The van der Waals surface area contributed by atoms with Crippen LogP contribution < -0.4 is 10.5 Å². The van der Waals surface area contributed by atoms with Crippen LogP contribution in [0.1, 0.15) is 17.2 Å². The summed E-state index contributed by atoms with van der Waals surface area (Å²) in [4.78, 5) is 0. The highest BCUT2D eigenvalue weighted by Crippen LogP contribution is 2.23. The fraction of sp³-hybridized carbons (Fsp3) is 0.250. The van der Waals surface area contributed by atoms with Crippen molar-refractivity contribution in [2.24, 2.45) is 5.73 Å². The number of methoxy groups -OCH3 is 1. The summed E-state index contributed by atoms with van der Waals surface area (Å²) in [6.07, 6.45) is 0. The highest BCUT2D eigenvalue weighted by molar-refractivity contribution is 5.35. The van der Waals surface area contributed by atoms with Crippen LogP contribution in [0.2, 0.25) is 0 Å². The standard InChI is InChI=1S/C16H18FNO2/c1-19-16-9-5-3-7-13(16)15(18)11-20-10-12-6-2-4-8-14(12)17/h2-9,15H,10-11,18H2,1H3. The van der Waals surface area contributed by atoms with E-state index in [0.29, 0.717) is 12.2 Å². The predicted octanol–water partition coefficient (Wildman–Crippen LogP) is 3.05. The molecule has 0 aliphatic rings. The molecule has 20 heavy (non-hydrogen) atoms. The van der Waals surface area contributed by atoms with Gasteiger partial charge in [-0.3, -0.25) is 0 Å². The van der Waals surface area contributed by atoms with E-state index in [-0.39, 0.29) is 18.5 Å². The van der Waals surface area contributed by atoms with Crippen LogP contribution in [-0.4, -0.2) is 13.7 Å². The molecule has 0 bridgehead atoms. The van der Waals surface area contributed by atoms with Gasteiger partial charge in [-0.2, -0.15) is 0 Å². The average molecular weight is 275 g/mol. The van der Waals surface area contributed by atoms with Gasteiger partial charge in [0.2, 0.25) is 0 Å². The third-order valence-corrected chi connectivity index (χ3v) is 3.05. The van der Waals surface area contributed by atoms with Gasteiger partial charge in [0.15, 0.2) is 0 Å². The quantitative estimate of drug-likeness (QED) is 0.881. The number of halogens is 1. The van der Waals surface area contributed by atoms with Gasteiger partial charge >= 0.3 is 0 Å². The maximum Gasteiger partial charge on any atom is 0.128 e. The van der Waals surface area contributed by atoms with Crippen LogP contribution in [0.3, 0.4) is 0 Å². The summed E-state index contributed by atoms with van der Waals surface area (Å²) in [7, 11) is 1.60. The van der Waals surface area contributed by atoms with E-state index in [1.54, 1.807) is 25.3 Å². The number of hydrogen-bond donors (Lipinski definition) is 1. The Labute approximate surface area is 118 Å². The molecule has 2 rings (SSSR count). The van der Waals surface area contributed by atoms with E-state index in [0.717, 1.165) is 11.3 Å². The van der Waals surface area contributed by atoms with Gasteiger partial charge in [0.1, 0.15) is 11.6 Å². The molecule has 106 valence electrons. The first-order valence-corrected chi connectivity index (χ1v) is 6.42. The molecule has 0 saturated carbocycles. The summed E-state index contributed by atoms with van der Waals surface area (Å²) in [5.41, 5.74) is 7.48. The highest BCUT2D eigenvalue weighted by Gasteiger charge is 2.11. The minimum absolute atomic E-state index is 0.204. The lowest BCUT2D eigenvalue weighted by atomic mass is 10.1. The predicted molar refractivity (Wildman–Crippen MR) is 76.0 cm³/mol. The fourth-order valence-corrected chi connectivity index (χ4v) is 1.97. The van der Waals surface area contributed by atoms with Crippen LogP contribution in [0.4, 0.5) is 4.39 Å². The molecule has 0 radical (unpaired) electrons. The molecular weight excluding hydrogens is 257 g/mol. The number of nitrogens with two attached hydrogens (primary N) is 1. The fourth-order valence-electron chi connectivity index (χ4n) is 1.97. The van der Waals surface area contributed by atoms with Crippen LogP contribution in [0.25, 0.3) is 0 Å². The van der Waals surface area contributed by atoms with Gasteiger partial charge < -0.3 is 15.2 Å². The second kappa shape index (κ2) is 7.03. The molecule has 0 aromatic heterocycles. The molecule has 3 nitrogen and oxygen atoms in total. The van der Waals surface area contributed by atoms with Gasteiger partial charge in [-0.15, -0.1) is 0 Å². The molecule has 2 N–H and O–H groups in total. The molecule has 0 fully saturated rings. The summed E-state index contributed by atoms with van der Waals surface area (Å²) < 4.78 is 24.2. The van der Waals surface area contributed by atoms with Crippen molar-refractivity contribution in [2.75, 3.05) is 13.7 Å². The number of ether oxygens (including phenoxy) is 2. The van der Waals surface area contributed by atoms with Crippen molar-refractivity contribution in [3.63, 3.8) is 0 Å². The topological polar surface area (TPSA) is 44.5 Å². The Kier molecular flexibility index (Phi) is 5.09. The highest BCUT2D eigenvalue weighted by atomic mass is 19.1. The SMILES string of the molecule is COc1ccccc1C(N)COCc1ccccc1F. The Morgan fingerprint density at radius 1 is 1.10 bits per heavy atom. The summed E-state index contributed by atoms with van der Waals surface area (Å²) in [6.45, 7) is 0.504. The largest absolute Gasteiger partial charge is 0.496 e. The first-order chi connectivity index (χ1) is 9.72. The van der Waals surface area contributed by atoms with Crippen molar-refractivity contribution in [1.29, 1.82) is 0 Å². The summed E-state index contributed by atoms with van der Waals surface area (Å²) in [5.74, 6) is 0.466. The number of hydrogen-bond acceptors (Lipinski definition) is 3. The Balaban J connectivity index is 1.92. The minimum atomic E-state index is -0.307. The number of benzene rings is 2. The Hall–Kier alpha value is -1.91. The van der Waals surface area contributed by atoms with Crippen molar-refractivity contribution >= 4 is 0 Å². The number of rotatable bonds is 6. The molecule has 0 spiro atoms. The van der Waals surface area contributed by atoms with E-state index in [1.807, 2.05) is 24.3 Å². The molecule has 2 aromatic carbocycles. The molecule has 0 aliphatic heterocycles. The summed E-state index contributed by atoms with van der Waals surface area (Å²) in [6, 6.07) is 13.8. The zero-order valence-electron chi connectivity index (χ0n) is 11.4. The molecule has 0 amide bonds. The Morgan fingerprint density at radius 3 is 2.55 bits per heavy atom. The van der Waals surface area contributed by atoms with Crippen molar-refractivity contribution < 1.29 is 13.9 Å². The van der Waals surface area contributed by atoms with E-state index < -0.39 is 0 Å². The maximum atomic E-state index is 13.4. The summed E-state index contributed by atoms with van der Waals surface area (Å²) >= 11 is 0. The lowest BCUT2D eigenvalue weighted by Gasteiger charge is -2.16. The Morgan fingerprint density at radius 2 is 1.80 bits per heavy atom. The lowest BCUT2D eigenvalue weighted by molar-refractivity contribution is 0.105. The van der Waals surface area contributed by atoms with Gasteiger partial charge in [-0.25, -0.2) is 4.39 Å². The van der Waals surface area contributed by atoms with Crippen LogP contribution in [0.15, 0.2) is 48.5 Å². The third kappa shape index (κ3) is 3.56. The van der Waals surface area contributed by atoms with Gasteiger partial charge in [0, 0.05) is 11.1 Å². The molecule has 0 aliphatic carbocycles. The van der Waals surface area contributed by atoms with Crippen LogP contribution in [0.5, 0.6) is 5.75 Å².